The van der Waals surface area contributed by atoms with Crippen LogP contribution in [0.5, 0.6) is 0 Å². The van der Waals surface area contributed by atoms with E-state index in [9.17, 15) is 4.79 Å². The molecule has 0 saturated carbocycles. The lowest BCUT2D eigenvalue weighted by Crippen LogP contribution is -2.44. The predicted molar refractivity (Wildman–Crippen MR) is 73.3 cm³/mol. The van der Waals surface area contributed by atoms with E-state index < -0.39 is 0 Å². The Morgan fingerprint density at radius 1 is 1.47 bits per heavy atom. The van der Waals surface area contributed by atoms with Gasteiger partial charge in [0.15, 0.2) is 0 Å². The van der Waals surface area contributed by atoms with E-state index in [0.717, 1.165) is 17.0 Å². The second-order valence-corrected chi connectivity index (χ2v) is 6.47. The molecule has 1 fully saturated rings. The van der Waals surface area contributed by atoms with Gasteiger partial charge in [-0.15, -0.1) is 11.8 Å². The largest absolute Gasteiger partial charge is 0.324 e. The molecule has 1 atom stereocenters. The van der Waals surface area contributed by atoms with Crippen LogP contribution in [0.3, 0.4) is 0 Å². The molecule has 92 valence electrons. The topological polar surface area (TPSA) is 41.1 Å². The second kappa shape index (κ2) is 4.70. The molecular formula is C13H18N2OS. The summed E-state index contributed by atoms with van der Waals surface area (Å²) in [7, 11) is 0. The van der Waals surface area contributed by atoms with E-state index in [-0.39, 0.29) is 16.8 Å². The van der Waals surface area contributed by atoms with E-state index >= 15 is 0 Å². The number of rotatable bonds is 2. The van der Waals surface area contributed by atoms with Crippen molar-refractivity contribution in [2.24, 2.45) is 0 Å². The van der Waals surface area contributed by atoms with Crippen LogP contribution in [0.15, 0.2) is 24.3 Å². The Bertz CT molecular complexity index is 431. The van der Waals surface area contributed by atoms with Gasteiger partial charge in [-0.3, -0.25) is 10.1 Å². The zero-order valence-corrected chi connectivity index (χ0v) is 11.2. The molecule has 1 saturated heterocycles. The van der Waals surface area contributed by atoms with Crippen LogP contribution in [0.25, 0.3) is 0 Å². The van der Waals surface area contributed by atoms with Crippen molar-refractivity contribution in [1.29, 1.82) is 0 Å². The van der Waals surface area contributed by atoms with Gasteiger partial charge in [0.1, 0.15) is 0 Å². The number of para-hydroxylation sites is 1. The molecule has 1 aliphatic heterocycles. The van der Waals surface area contributed by atoms with E-state index in [1.807, 2.05) is 31.2 Å². The van der Waals surface area contributed by atoms with Crippen molar-refractivity contribution in [1.82, 2.24) is 5.32 Å². The molecule has 0 bridgehead atoms. The molecule has 1 amide bonds. The fourth-order valence-corrected chi connectivity index (χ4v) is 2.91. The summed E-state index contributed by atoms with van der Waals surface area (Å²) >= 11 is 1.78. The summed E-state index contributed by atoms with van der Waals surface area (Å²) in [5.74, 6) is 0.877. The normalized spacial score (nSPS) is 22.4. The van der Waals surface area contributed by atoms with Gasteiger partial charge in [-0.1, -0.05) is 18.2 Å². The molecule has 0 aromatic heterocycles. The molecule has 17 heavy (non-hydrogen) atoms. The van der Waals surface area contributed by atoms with Gasteiger partial charge in [-0.05, 0) is 32.4 Å². The molecule has 0 spiro atoms. The first-order valence-electron chi connectivity index (χ1n) is 5.76. The van der Waals surface area contributed by atoms with Crippen LogP contribution < -0.4 is 10.6 Å². The SMILES string of the molecule is Cc1ccccc1NC(=O)[C@H]1CSC(C)(C)N1. The minimum atomic E-state index is -0.102. The molecule has 3 nitrogen and oxygen atoms in total. The van der Waals surface area contributed by atoms with E-state index in [2.05, 4.69) is 24.5 Å². The lowest BCUT2D eigenvalue weighted by atomic mass is 10.2. The number of benzene rings is 1. The molecule has 1 aromatic rings. The number of carbonyl (C=O) groups excluding carboxylic acids is 1. The monoisotopic (exact) mass is 250 g/mol. The van der Waals surface area contributed by atoms with Crippen molar-refractivity contribution in [3.05, 3.63) is 29.8 Å². The highest BCUT2D eigenvalue weighted by Crippen LogP contribution is 2.29. The van der Waals surface area contributed by atoms with Crippen molar-refractivity contribution in [3.63, 3.8) is 0 Å². The van der Waals surface area contributed by atoms with E-state index in [1.165, 1.54) is 0 Å². The van der Waals surface area contributed by atoms with Gasteiger partial charge in [0.2, 0.25) is 5.91 Å². The van der Waals surface area contributed by atoms with Crippen LogP contribution in [0.4, 0.5) is 5.69 Å². The van der Waals surface area contributed by atoms with Crippen molar-refractivity contribution in [3.8, 4) is 0 Å². The molecule has 0 radical (unpaired) electrons. The van der Waals surface area contributed by atoms with E-state index in [1.54, 1.807) is 11.8 Å². The Balaban J connectivity index is 2.01. The summed E-state index contributed by atoms with van der Waals surface area (Å²) in [6.07, 6.45) is 0. The highest BCUT2D eigenvalue weighted by molar-refractivity contribution is 8.00. The third-order valence-corrected chi connectivity index (χ3v) is 4.19. The second-order valence-electron chi connectivity index (χ2n) is 4.82. The van der Waals surface area contributed by atoms with Gasteiger partial charge in [0, 0.05) is 11.4 Å². The van der Waals surface area contributed by atoms with Crippen molar-refractivity contribution in [2.45, 2.75) is 31.7 Å². The molecule has 2 rings (SSSR count). The molecule has 0 unspecified atom stereocenters. The van der Waals surface area contributed by atoms with Gasteiger partial charge in [-0.2, -0.15) is 0 Å². The van der Waals surface area contributed by atoms with E-state index in [0.29, 0.717) is 0 Å². The zero-order valence-electron chi connectivity index (χ0n) is 10.4. The third kappa shape index (κ3) is 3.01. The summed E-state index contributed by atoms with van der Waals surface area (Å²) in [4.78, 5) is 12.1. The first kappa shape index (κ1) is 12.5. The van der Waals surface area contributed by atoms with Crippen LogP contribution in [0.1, 0.15) is 19.4 Å². The van der Waals surface area contributed by atoms with E-state index in [4.69, 9.17) is 0 Å². The lowest BCUT2D eigenvalue weighted by Gasteiger charge is -2.18. The number of carbonyl (C=O) groups is 1. The van der Waals surface area contributed by atoms with Gasteiger partial charge < -0.3 is 5.32 Å². The number of aryl methyl sites for hydroxylation is 1. The molecule has 2 N–H and O–H groups in total. The summed E-state index contributed by atoms with van der Waals surface area (Å²) in [6, 6.07) is 7.73. The van der Waals surface area contributed by atoms with Gasteiger partial charge >= 0.3 is 0 Å². The zero-order chi connectivity index (χ0) is 12.5. The molecular weight excluding hydrogens is 232 g/mol. The molecule has 1 aromatic carbocycles. The van der Waals surface area contributed by atoms with Crippen LogP contribution in [0, 0.1) is 6.92 Å². The van der Waals surface area contributed by atoms with Crippen molar-refractivity contribution in [2.75, 3.05) is 11.1 Å². The highest BCUT2D eigenvalue weighted by atomic mass is 32.2. The lowest BCUT2D eigenvalue weighted by molar-refractivity contribution is -0.117. The molecule has 1 aliphatic rings. The Kier molecular flexibility index (Phi) is 3.45. The predicted octanol–water partition coefficient (Wildman–Crippen LogP) is 2.37. The standard InChI is InChI=1S/C13H18N2OS/c1-9-6-4-5-7-10(9)14-12(16)11-8-17-13(2,3)15-11/h4-7,11,15H,8H2,1-3H3,(H,14,16)/t11-/m1/s1. The van der Waals surface area contributed by atoms with Crippen LogP contribution in [-0.4, -0.2) is 22.6 Å². The van der Waals surface area contributed by atoms with Gasteiger partial charge in [0.05, 0.1) is 10.9 Å². The fraction of sp³-hybridized carbons (Fsp3) is 0.462. The third-order valence-electron chi connectivity index (χ3n) is 2.85. The Morgan fingerprint density at radius 2 is 2.18 bits per heavy atom. The molecule has 0 aliphatic carbocycles. The first-order valence-corrected chi connectivity index (χ1v) is 6.75. The van der Waals surface area contributed by atoms with Gasteiger partial charge in [-0.25, -0.2) is 0 Å². The quantitative estimate of drug-likeness (QED) is 0.846. The number of hydrogen-bond donors (Lipinski definition) is 2. The maximum absolute atomic E-state index is 12.1. The molecule has 1 heterocycles. The average Bonchev–Trinajstić information content (AvgIpc) is 2.62. The molecule has 4 heteroatoms. The Labute approximate surface area is 106 Å². The fourth-order valence-electron chi connectivity index (χ4n) is 1.87. The Morgan fingerprint density at radius 3 is 2.76 bits per heavy atom. The minimum absolute atomic E-state index is 0.00621. The smallest absolute Gasteiger partial charge is 0.242 e. The van der Waals surface area contributed by atoms with Gasteiger partial charge in [0.25, 0.3) is 0 Å². The summed E-state index contributed by atoms with van der Waals surface area (Å²) in [5.41, 5.74) is 1.99. The van der Waals surface area contributed by atoms with Crippen molar-refractivity contribution < 1.29 is 4.79 Å². The average molecular weight is 250 g/mol. The summed E-state index contributed by atoms with van der Waals surface area (Å²) < 4.78 is 0. The van der Waals surface area contributed by atoms with Crippen LogP contribution >= 0.6 is 11.8 Å². The maximum atomic E-state index is 12.1. The number of anilines is 1. The van der Waals surface area contributed by atoms with Crippen molar-refractivity contribution >= 4 is 23.4 Å². The first-order chi connectivity index (χ1) is 7.98. The van der Waals surface area contributed by atoms with Crippen LogP contribution in [0.2, 0.25) is 0 Å². The minimum Gasteiger partial charge on any atom is -0.324 e. The number of amides is 1. The number of nitrogens with one attached hydrogen (secondary N) is 2. The van der Waals surface area contributed by atoms with Crippen LogP contribution in [-0.2, 0) is 4.79 Å². The Hall–Kier alpha value is -1.000. The summed E-state index contributed by atoms with van der Waals surface area (Å²) in [5, 5.41) is 6.30. The number of thioether (sulfide) groups is 1. The highest BCUT2D eigenvalue weighted by Gasteiger charge is 2.34. The number of hydrogen-bond acceptors (Lipinski definition) is 3. The summed E-state index contributed by atoms with van der Waals surface area (Å²) in [6.45, 7) is 6.19. The maximum Gasteiger partial charge on any atom is 0.242 e.